The summed E-state index contributed by atoms with van der Waals surface area (Å²) in [6.45, 7) is 0. The molecule has 0 fully saturated rings. The van der Waals surface area contributed by atoms with Crippen molar-refractivity contribution in [3.05, 3.63) is 56.8 Å². The van der Waals surface area contributed by atoms with Crippen LogP contribution in [0.3, 0.4) is 0 Å². The molecule has 0 aliphatic heterocycles. The smallest absolute Gasteiger partial charge is 0.258 e. The molecule has 0 aliphatic rings. The quantitative estimate of drug-likeness (QED) is 0.469. The molecule has 1 heterocycles. The third-order valence-corrected chi connectivity index (χ3v) is 4.14. The molecule has 0 unspecified atom stereocenters. The first-order valence-electron chi connectivity index (χ1n) is 4.65. The number of rotatable bonds is 4. The number of thioether (sulfide) groups is 1. The van der Waals surface area contributed by atoms with Crippen LogP contribution in [0.5, 0.6) is 0 Å². The number of nitrogens with zero attached hydrogens (tertiary/aromatic N) is 1. The lowest BCUT2D eigenvalue weighted by atomic mass is 10.4. The van der Waals surface area contributed by atoms with Gasteiger partial charge in [-0.15, -0.1) is 23.1 Å². The van der Waals surface area contributed by atoms with Gasteiger partial charge in [0, 0.05) is 21.6 Å². The van der Waals surface area contributed by atoms with E-state index >= 15 is 0 Å². The number of benzene rings is 1. The predicted molar refractivity (Wildman–Crippen MR) is 67.0 cm³/mol. The van der Waals surface area contributed by atoms with E-state index in [1.54, 1.807) is 23.2 Å². The van der Waals surface area contributed by atoms with Crippen molar-refractivity contribution < 1.29 is 4.92 Å². The molecule has 1 aromatic carbocycles. The number of hydrogen-bond acceptors (Lipinski definition) is 4. The van der Waals surface area contributed by atoms with Gasteiger partial charge in [0.25, 0.3) is 5.69 Å². The van der Waals surface area contributed by atoms with Gasteiger partial charge in [-0.25, -0.2) is 0 Å². The molecule has 0 bridgehead atoms. The van der Waals surface area contributed by atoms with Gasteiger partial charge in [-0.05, 0) is 12.1 Å². The maximum atomic E-state index is 10.5. The van der Waals surface area contributed by atoms with Gasteiger partial charge in [-0.1, -0.05) is 18.2 Å². The largest absolute Gasteiger partial charge is 0.280 e. The summed E-state index contributed by atoms with van der Waals surface area (Å²) < 4.78 is 0. The summed E-state index contributed by atoms with van der Waals surface area (Å²) >= 11 is 3.12. The minimum atomic E-state index is -0.354. The minimum Gasteiger partial charge on any atom is -0.258 e. The summed E-state index contributed by atoms with van der Waals surface area (Å²) in [5.74, 6) is 0.780. The van der Waals surface area contributed by atoms with E-state index in [-0.39, 0.29) is 10.6 Å². The van der Waals surface area contributed by atoms with Crippen LogP contribution < -0.4 is 0 Å². The molecule has 0 saturated carbocycles. The molecular weight excluding hydrogens is 242 g/mol. The van der Waals surface area contributed by atoms with Gasteiger partial charge in [0.1, 0.15) is 0 Å². The van der Waals surface area contributed by atoms with E-state index in [0.717, 1.165) is 10.6 Å². The van der Waals surface area contributed by atoms with Crippen molar-refractivity contribution in [3.8, 4) is 0 Å². The maximum absolute atomic E-state index is 10.5. The Kier molecular flexibility index (Phi) is 3.58. The highest BCUT2D eigenvalue weighted by atomic mass is 32.2. The molecule has 2 rings (SSSR count). The molecule has 0 N–H and O–H groups in total. The fourth-order valence-corrected chi connectivity index (χ4v) is 3.02. The number of thiophene rings is 1. The summed E-state index contributed by atoms with van der Waals surface area (Å²) in [4.78, 5) is 12.3. The normalized spacial score (nSPS) is 10.2. The number of hydrogen-bond donors (Lipinski definition) is 0. The summed E-state index contributed by atoms with van der Waals surface area (Å²) in [5, 5.41) is 12.1. The van der Waals surface area contributed by atoms with Crippen molar-refractivity contribution in [1.82, 2.24) is 0 Å². The van der Waals surface area contributed by atoms with Crippen molar-refractivity contribution in [2.45, 2.75) is 10.6 Å². The van der Waals surface area contributed by atoms with Gasteiger partial charge < -0.3 is 0 Å². The summed E-state index contributed by atoms with van der Waals surface area (Å²) in [5.41, 5.74) is 0.189. The van der Waals surface area contributed by atoms with Gasteiger partial charge in [0.05, 0.1) is 10.3 Å². The van der Waals surface area contributed by atoms with E-state index < -0.39 is 0 Å². The fraction of sp³-hybridized carbons (Fsp3) is 0.0909. The fourth-order valence-electron chi connectivity index (χ4n) is 1.21. The van der Waals surface area contributed by atoms with E-state index in [0.29, 0.717) is 0 Å². The minimum absolute atomic E-state index is 0.189. The van der Waals surface area contributed by atoms with E-state index in [1.807, 2.05) is 30.3 Å². The molecule has 16 heavy (non-hydrogen) atoms. The van der Waals surface area contributed by atoms with Crippen LogP contribution in [-0.4, -0.2) is 4.92 Å². The topological polar surface area (TPSA) is 43.1 Å². The standard InChI is InChI=1S/C11H9NO2S2/c13-12(14)9-6-11(15-7-9)8-16-10-4-2-1-3-5-10/h1-7H,8H2. The molecule has 3 nitrogen and oxygen atoms in total. The lowest BCUT2D eigenvalue weighted by Gasteiger charge is -1.97. The first-order valence-corrected chi connectivity index (χ1v) is 6.52. The summed E-state index contributed by atoms with van der Waals surface area (Å²) in [6, 6.07) is 11.7. The van der Waals surface area contributed by atoms with Crippen LogP contribution in [-0.2, 0) is 5.75 Å². The second kappa shape index (κ2) is 5.14. The Morgan fingerprint density at radius 1 is 1.31 bits per heavy atom. The molecule has 82 valence electrons. The van der Waals surface area contributed by atoms with E-state index in [1.165, 1.54) is 16.2 Å². The van der Waals surface area contributed by atoms with Crippen molar-refractivity contribution in [3.63, 3.8) is 0 Å². The molecule has 0 saturated heterocycles. The number of nitro groups is 1. The predicted octanol–water partition coefficient (Wildman–Crippen LogP) is 3.95. The van der Waals surface area contributed by atoms with Crippen LogP contribution in [0.2, 0.25) is 0 Å². The first-order chi connectivity index (χ1) is 7.75. The van der Waals surface area contributed by atoms with E-state index in [9.17, 15) is 10.1 Å². The maximum Gasteiger partial charge on any atom is 0.280 e. The molecule has 0 atom stereocenters. The van der Waals surface area contributed by atoms with Crippen LogP contribution in [0, 0.1) is 10.1 Å². The van der Waals surface area contributed by atoms with E-state index in [2.05, 4.69) is 0 Å². The Balaban J connectivity index is 1.97. The highest BCUT2D eigenvalue weighted by molar-refractivity contribution is 7.98. The highest BCUT2D eigenvalue weighted by Crippen LogP contribution is 2.28. The zero-order chi connectivity index (χ0) is 11.4. The van der Waals surface area contributed by atoms with Crippen LogP contribution in [0.15, 0.2) is 46.7 Å². The molecule has 0 spiro atoms. The van der Waals surface area contributed by atoms with Crippen molar-refractivity contribution in [1.29, 1.82) is 0 Å². The Morgan fingerprint density at radius 2 is 2.06 bits per heavy atom. The lowest BCUT2D eigenvalue weighted by molar-refractivity contribution is -0.384. The van der Waals surface area contributed by atoms with Crippen LogP contribution in [0.1, 0.15) is 4.88 Å². The average molecular weight is 251 g/mol. The van der Waals surface area contributed by atoms with Crippen molar-refractivity contribution in [2.75, 3.05) is 0 Å². The third kappa shape index (κ3) is 2.84. The van der Waals surface area contributed by atoms with E-state index in [4.69, 9.17) is 0 Å². The first kappa shape index (κ1) is 11.2. The van der Waals surface area contributed by atoms with Gasteiger partial charge in [-0.3, -0.25) is 10.1 Å². The Bertz CT molecular complexity index is 482. The van der Waals surface area contributed by atoms with Crippen LogP contribution >= 0.6 is 23.1 Å². The van der Waals surface area contributed by atoms with Crippen molar-refractivity contribution in [2.24, 2.45) is 0 Å². The summed E-state index contributed by atoms with van der Waals surface area (Å²) in [7, 11) is 0. The molecule has 2 aromatic rings. The Hall–Kier alpha value is -1.33. The zero-order valence-corrected chi connectivity index (χ0v) is 9.96. The van der Waals surface area contributed by atoms with Gasteiger partial charge in [0.2, 0.25) is 0 Å². The van der Waals surface area contributed by atoms with Crippen LogP contribution in [0.4, 0.5) is 5.69 Å². The monoisotopic (exact) mass is 251 g/mol. The van der Waals surface area contributed by atoms with Gasteiger partial charge in [-0.2, -0.15) is 0 Å². The van der Waals surface area contributed by atoms with Crippen molar-refractivity contribution >= 4 is 28.8 Å². The third-order valence-electron chi connectivity index (χ3n) is 1.98. The molecule has 0 radical (unpaired) electrons. The SMILES string of the molecule is O=[N+]([O-])c1csc(CSc2ccccc2)c1. The van der Waals surface area contributed by atoms with Crippen LogP contribution in [0.25, 0.3) is 0 Å². The lowest BCUT2D eigenvalue weighted by Crippen LogP contribution is -1.83. The molecule has 0 aliphatic carbocycles. The summed E-state index contributed by atoms with van der Waals surface area (Å²) in [6.07, 6.45) is 0. The molecule has 5 heteroatoms. The highest BCUT2D eigenvalue weighted by Gasteiger charge is 2.08. The second-order valence-corrected chi connectivity index (χ2v) is 5.17. The molecule has 1 aromatic heterocycles. The Morgan fingerprint density at radius 3 is 2.69 bits per heavy atom. The van der Waals surface area contributed by atoms with Gasteiger partial charge in [0.15, 0.2) is 0 Å². The average Bonchev–Trinajstić information content (AvgIpc) is 2.76. The van der Waals surface area contributed by atoms with Gasteiger partial charge >= 0.3 is 0 Å². The zero-order valence-electron chi connectivity index (χ0n) is 8.33. The second-order valence-electron chi connectivity index (χ2n) is 3.13. The molecule has 0 amide bonds. The Labute approximate surface area is 101 Å². The molecular formula is C11H9NO2S2.